The van der Waals surface area contributed by atoms with E-state index < -0.39 is 0 Å². The summed E-state index contributed by atoms with van der Waals surface area (Å²) in [5.41, 5.74) is 5.11. The van der Waals surface area contributed by atoms with Crippen LogP contribution < -0.4 is 5.32 Å². The van der Waals surface area contributed by atoms with Crippen molar-refractivity contribution >= 4 is 6.08 Å². The van der Waals surface area contributed by atoms with Gasteiger partial charge in [-0.1, -0.05) is 37.3 Å². The van der Waals surface area contributed by atoms with Gasteiger partial charge in [0.25, 0.3) is 0 Å². The summed E-state index contributed by atoms with van der Waals surface area (Å²) < 4.78 is 0. The van der Waals surface area contributed by atoms with Crippen molar-refractivity contribution in [3.8, 4) is 0 Å². The Bertz CT molecular complexity index is 461. The minimum Gasteiger partial charge on any atom is -0.316 e. The Hall–Kier alpha value is -1.08. The molecule has 2 atom stereocenters. The average Bonchev–Trinajstić information content (AvgIpc) is 2.72. The van der Waals surface area contributed by atoms with Crippen molar-refractivity contribution < 1.29 is 0 Å². The predicted molar refractivity (Wildman–Crippen MR) is 73.2 cm³/mol. The van der Waals surface area contributed by atoms with E-state index in [-0.39, 0.29) is 0 Å². The van der Waals surface area contributed by atoms with Crippen LogP contribution in [-0.2, 0) is 6.42 Å². The molecule has 0 bridgehead atoms. The molecular formula is C16H21N. The lowest BCUT2D eigenvalue weighted by Gasteiger charge is -2.37. The van der Waals surface area contributed by atoms with E-state index in [1.54, 1.807) is 11.1 Å². The summed E-state index contributed by atoms with van der Waals surface area (Å²) in [4.78, 5) is 0. The van der Waals surface area contributed by atoms with Gasteiger partial charge in [-0.15, -0.1) is 0 Å². The molecule has 17 heavy (non-hydrogen) atoms. The van der Waals surface area contributed by atoms with Crippen molar-refractivity contribution in [2.45, 2.75) is 32.6 Å². The highest BCUT2D eigenvalue weighted by molar-refractivity contribution is 5.57. The Morgan fingerprint density at radius 2 is 2.29 bits per heavy atom. The molecule has 1 aliphatic heterocycles. The number of hydrogen-bond donors (Lipinski definition) is 1. The van der Waals surface area contributed by atoms with E-state index >= 15 is 0 Å². The lowest BCUT2D eigenvalue weighted by Crippen LogP contribution is -2.30. The van der Waals surface area contributed by atoms with Gasteiger partial charge in [-0.2, -0.15) is 0 Å². The highest BCUT2D eigenvalue weighted by atomic mass is 14.9. The van der Waals surface area contributed by atoms with Crippen LogP contribution >= 0.6 is 0 Å². The first-order valence-electron chi connectivity index (χ1n) is 6.70. The monoisotopic (exact) mass is 227 g/mol. The molecule has 0 aromatic heterocycles. The van der Waals surface area contributed by atoms with Crippen molar-refractivity contribution in [3.05, 3.63) is 41.0 Å². The molecule has 1 N–H and O–H groups in total. The third-order valence-corrected chi connectivity index (χ3v) is 4.63. The predicted octanol–water partition coefficient (Wildman–Crippen LogP) is 3.36. The van der Waals surface area contributed by atoms with E-state index in [1.807, 2.05) is 0 Å². The van der Waals surface area contributed by atoms with Crippen LogP contribution in [0.25, 0.3) is 6.08 Å². The number of hydrogen-bond acceptors (Lipinski definition) is 1. The molecule has 1 heteroatoms. The highest BCUT2D eigenvalue weighted by Crippen LogP contribution is 2.48. The molecule has 1 heterocycles. The van der Waals surface area contributed by atoms with Gasteiger partial charge in [0, 0.05) is 19.0 Å². The van der Waals surface area contributed by atoms with Gasteiger partial charge in [0.05, 0.1) is 0 Å². The van der Waals surface area contributed by atoms with E-state index in [4.69, 9.17) is 0 Å². The van der Waals surface area contributed by atoms with Gasteiger partial charge in [-0.3, -0.25) is 0 Å². The fourth-order valence-electron chi connectivity index (χ4n) is 3.60. The molecule has 0 unspecified atom stereocenters. The fourth-order valence-corrected chi connectivity index (χ4v) is 3.60. The van der Waals surface area contributed by atoms with Crippen LogP contribution in [0, 0.1) is 5.41 Å². The number of nitrogens with one attached hydrogen (secondary N) is 1. The molecule has 3 rings (SSSR count). The molecule has 2 aliphatic rings. The van der Waals surface area contributed by atoms with Gasteiger partial charge in [0.2, 0.25) is 0 Å². The zero-order valence-electron chi connectivity index (χ0n) is 10.8. The zero-order valence-corrected chi connectivity index (χ0v) is 10.8. The van der Waals surface area contributed by atoms with Gasteiger partial charge in [-0.05, 0) is 41.9 Å². The number of fused-ring (bicyclic) bond motifs is 3. The fraction of sp³-hybridized carbons (Fsp3) is 0.500. The Morgan fingerprint density at radius 3 is 3.12 bits per heavy atom. The second-order valence-corrected chi connectivity index (χ2v) is 5.75. The number of rotatable bonds is 1. The van der Waals surface area contributed by atoms with Crippen molar-refractivity contribution in [1.29, 1.82) is 0 Å². The summed E-state index contributed by atoms with van der Waals surface area (Å²) in [7, 11) is 0. The quantitative estimate of drug-likeness (QED) is 0.775. The number of benzene rings is 1. The lowest BCUT2D eigenvalue weighted by atomic mass is 9.66. The van der Waals surface area contributed by atoms with Gasteiger partial charge in [0.1, 0.15) is 0 Å². The molecule has 1 aromatic rings. The maximum absolute atomic E-state index is 3.58. The van der Waals surface area contributed by atoms with E-state index in [2.05, 4.69) is 49.5 Å². The molecule has 1 nitrogen and oxygen atoms in total. The maximum atomic E-state index is 3.58. The van der Waals surface area contributed by atoms with Crippen molar-refractivity contribution in [2.75, 3.05) is 13.1 Å². The summed E-state index contributed by atoms with van der Waals surface area (Å²) in [6.07, 6.45) is 6.97. The van der Waals surface area contributed by atoms with Crippen LogP contribution in [0.1, 0.15) is 42.9 Å². The molecular weight excluding hydrogens is 206 g/mol. The smallest absolute Gasteiger partial charge is 0.00324 e. The highest BCUT2D eigenvalue weighted by Gasteiger charge is 2.43. The van der Waals surface area contributed by atoms with Gasteiger partial charge >= 0.3 is 0 Å². The molecule has 0 spiro atoms. The summed E-state index contributed by atoms with van der Waals surface area (Å²) in [6.45, 7) is 6.89. The Labute approximate surface area is 104 Å². The molecule has 0 saturated carbocycles. The molecule has 90 valence electrons. The molecule has 1 fully saturated rings. The van der Waals surface area contributed by atoms with Crippen molar-refractivity contribution in [3.63, 3.8) is 0 Å². The SMILES string of the molecule is C/C=C\c1cccc2c1CC[C@]1(C)CNC[C@H]21. The van der Waals surface area contributed by atoms with E-state index in [1.165, 1.54) is 24.9 Å². The summed E-state index contributed by atoms with van der Waals surface area (Å²) in [5.74, 6) is 0.719. The first-order valence-corrected chi connectivity index (χ1v) is 6.70. The molecule has 1 aromatic carbocycles. The lowest BCUT2D eigenvalue weighted by molar-refractivity contribution is 0.277. The normalized spacial score (nSPS) is 31.5. The third kappa shape index (κ3) is 1.64. The molecule has 1 aliphatic carbocycles. The van der Waals surface area contributed by atoms with Crippen LogP contribution in [-0.4, -0.2) is 13.1 Å². The second kappa shape index (κ2) is 3.99. The summed E-state index contributed by atoms with van der Waals surface area (Å²) >= 11 is 0. The summed E-state index contributed by atoms with van der Waals surface area (Å²) in [5, 5.41) is 3.58. The largest absolute Gasteiger partial charge is 0.316 e. The minimum atomic E-state index is 0.488. The number of allylic oxidation sites excluding steroid dienone is 1. The molecule has 0 radical (unpaired) electrons. The van der Waals surface area contributed by atoms with E-state index in [0.29, 0.717) is 5.41 Å². The molecule has 0 amide bonds. The van der Waals surface area contributed by atoms with E-state index in [0.717, 1.165) is 12.5 Å². The van der Waals surface area contributed by atoms with Gasteiger partial charge in [0.15, 0.2) is 0 Å². The topological polar surface area (TPSA) is 12.0 Å². The van der Waals surface area contributed by atoms with Crippen molar-refractivity contribution in [2.24, 2.45) is 5.41 Å². The Morgan fingerprint density at radius 1 is 1.41 bits per heavy atom. The average molecular weight is 227 g/mol. The van der Waals surface area contributed by atoms with Gasteiger partial charge < -0.3 is 5.32 Å². The zero-order chi connectivity index (χ0) is 11.9. The first kappa shape index (κ1) is 11.0. The summed E-state index contributed by atoms with van der Waals surface area (Å²) in [6, 6.07) is 6.82. The van der Waals surface area contributed by atoms with Crippen LogP contribution in [0.5, 0.6) is 0 Å². The van der Waals surface area contributed by atoms with Crippen LogP contribution in [0.3, 0.4) is 0 Å². The minimum absolute atomic E-state index is 0.488. The standard InChI is InChI=1S/C16H21N/c1-3-5-12-6-4-7-14-13(12)8-9-16(2)11-17-10-15(14)16/h3-7,15,17H,8-11H2,1-2H3/b5-3-/t15-,16-/m1/s1. The maximum Gasteiger partial charge on any atom is 0.00324 e. The van der Waals surface area contributed by atoms with Crippen LogP contribution in [0.2, 0.25) is 0 Å². The van der Waals surface area contributed by atoms with Gasteiger partial charge in [-0.25, -0.2) is 0 Å². The molecule has 1 saturated heterocycles. The van der Waals surface area contributed by atoms with Crippen LogP contribution in [0.15, 0.2) is 24.3 Å². The van der Waals surface area contributed by atoms with Crippen molar-refractivity contribution in [1.82, 2.24) is 5.32 Å². The Kier molecular flexibility index (Phi) is 2.59. The van der Waals surface area contributed by atoms with E-state index in [9.17, 15) is 0 Å². The third-order valence-electron chi connectivity index (χ3n) is 4.63. The van der Waals surface area contributed by atoms with Crippen LogP contribution in [0.4, 0.5) is 0 Å². The second-order valence-electron chi connectivity index (χ2n) is 5.75. The first-order chi connectivity index (χ1) is 8.24. The Balaban J connectivity index is 2.10.